The molecule has 0 amide bonds. The van der Waals surface area contributed by atoms with E-state index in [1.165, 1.54) is 0 Å². The van der Waals surface area contributed by atoms with E-state index in [1.807, 2.05) is 73.7 Å². The van der Waals surface area contributed by atoms with E-state index in [0.717, 1.165) is 29.9 Å². The molecule has 0 heterocycles. The predicted molar refractivity (Wildman–Crippen MR) is 104 cm³/mol. The van der Waals surface area contributed by atoms with Crippen LogP contribution in [0.1, 0.15) is 23.7 Å². The molecule has 3 rings (SSSR count). The smallest absolute Gasteiger partial charge is 0.165 e. The molecule has 3 aromatic rings. The van der Waals surface area contributed by atoms with Gasteiger partial charge in [0.1, 0.15) is 0 Å². The molecule has 0 aromatic heterocycles. The molecule has 1 atom stereocenters. The summed E-state index contributed by atoms with van der Waals surface area (Å²) in [4.78, 5) is 14.9. The summed E-state index contributed by atoms with van der Waals surface area (Å²) in [6.07, 6.45) is 0.803. The van der Waals surface area contributed by atoms with Crippen LogP contribution in [0.4, 0.5) is 11.4 Å². The molecular formula is C23H23NO. The minimum absolute atomic E-state index is 0.0164. The maximum atomic E-state index is 12.6. The van der Waals surface area contributed by atoms with Crippen molar-refractivity contribution in [2.75, 3.05) is 11.4 Å². The average Bonchev–Trinajstić information content (AvgIpc) is 2.70. The number of benzene rings is 3. The molecule has 0 aliphatic carbocycles. The summed E-state index contributed by atoms with van der Waals surface area (Å²) in [6, 6.07) is 30.2. The molecule has 2 nitrogen and oxygen atoms in total. The maximum absolute atomic E-state index is 12.6. The van der Waals surface area contributed by atoms with E-state index in [9.17, 15) is 4.79 Å². The van der Waals surface area contributed by atoms with Crippen LogP contribution in [0.5, 0.6) is 0 Å². The van der Waals surface area contributed by atoms with Crippen LogP contribution in [0.15, 0.2) is 91.0 Å². The number of hydrogen-bond donors (Lipinski definition) is 0. The normalized spacial score (nSPS) is 11.7. The average molecular weight is 329 g/mol. The largest absolute Gasteiger partial charge is 0.341 e. The number of carbonyl (C=O) groups is 1. The Balaban J connectivity index is 1.74. The first kappa shape index (κ1) is 17.0. The highest BCUT2D eigenvalue weighted by Crippen LogP contribution is 2.26. The summed E-state index contributed by atoms with van der Waals surface area (Å²) in [7, 11) is 0. The lowest BCUT2D eigenvalue weighted by molar-refractivity contribution is 0.0925. The van der Waals surface area contributed by atoms with E-state index in [2.05, 4.69) is 29.2 Å². The van der Waals surface area contributed by atoms with E-state index >= 15 is 0 Å². The second-order valence-electron chi connectivity index (χ2n) is 6.24. The van der Waals surface area contributed by atoms with Gasteiger partial charge in [-0.2, -0.15) is 0 Å². The van der Waals surface area contributed by atoms with Gasteiger partial charge < -0.3 is 4.90 Å². The van der Waals surface area contributed by atoms with Gasteiger partial charge in [0.05, 0.1) is 0 Å². The van der Waals surface area contributed by atoms with Gasteiger partial charge in [0, 0.05) is 29.4 Å². The van der Waals surface area contributed by atoms with Crippen molar-refractivity contribution in [1.82, 2.24) is 0 Å². The van der Waals surface area contributed by atoms with Gasteiger partial charge in [-0.15, -0.1) is 0 Å². The first-order valence-corrected chi connectivity index (χ1v) is 8.72. The summed E-state index contributed by atoms with van der Waals surface area (Å²) >= 11 is 0. The molecule has 0 spiro atoms. The van der Waals surface area contributed by atoms with Crippen LogP contribution in [0.3, 0.4) is 0 Å². The van der Waals surface area contributed by atoms with Crippen molar-refractivity contribution in [2.45, 2.75) is 13.3 Å². The standard InChI is InChI=1S/C23H23NO/c1-19(23(25)20-11-5-2-6-12-20)17-18-24(21-13-7-3-8-14-21)22-15-9-4-10-16-22/h2-16,19H,17-18H2,1H3. The van der Waals surface area contributed by atoms with Gasteiger partial charge in [-0.1, -0.05) is 73.7 Å². The van der Waals surface area contributed by atoms with Crippen LogP contribution in [-0.2, 0) is 0 Å². The Bertz CT molecular complexity index is 745. The second-order valence-corrected chi connectivity index (χ2v) is 6.24. The number of para-hydroxylation sites is 2. The van der Waals surface area contributed by atoms with Gasteiger partial charge in [0.25, 0.3) is 0 Å². The van der Waals surface area contributed by atoms with Crippen molar-refractivity contribution in [3.8, 4) is 0 Å². The molecular weight excluding hydrogens is 306 g/mol. The lowest BCUT2D eigenvalue weighted by Crippen LogP contribution is -2.23. The fourth-order valence-corrected chi connectivity index (χ4v) is 2.96. The van der Waals surface area contributed by atoms with Crippen LogP contribution >= 0.6 is 0 Å². The molecule has 1 unspecified atom stereocenters. The Morgan fingerprint density at radius 1 is 0.760 bits per heavy atom. The van der Waals surface area contributed by atoms with Crippen LogP contribution in [-0.4, -0.2) is 12.3 Å². The van der Waals surface area contributed by atoms with Crippen molar-refractivity contribution in [3.63, 3.8) is 0 Å². The number of anilines is 2. The van der Waals surface area contributed by atoms with Crippen LogP contribution in [0.2, 0.25) is 0 Å². The fraction of sp³-hybridized carbons (Fsp3) is 0.174. The minimum Gasteiger partial charge on any atom is -0.341 e. The van der Waals surface area contributed by atoms with Gasteiger partial charge in [0.15, 0.2) is 5.78 Å². The summed E-state index contributed by atoms with van der Waals surface area (Å²) in [5.74, 6) is 0.194. The van der Waals surface area contributed by atoms with Gasteiger partial charge in [0.2, 0.25) is 0 Å². The first-order chi connectivity index (χ1) is 12.3. The zero-order valence-electron chi connectivity index (χ0n) is 14.5. The molecule has 0 saturated heterocycles. The van der Waals surface area contributed by atoms with E-state index in [4.69, 9.17) is 0 Å². The molecule has 0 radical (unpaired) electrons. The van der Waals surface area contributed by atoms with E-state index in [-0.39, 0.29) is 11.7 Å². The summed E-state index contributed by atoms with van der Waals surface area (Å²) in [5.41, 5.74) is 3.09. The number of carbonyl (C=O) groups excluding carboxylic acids is 1. The monoisotopic (exact) mass is 329 g/mol. The third kappa shape index (κ3) is 4.36. The first-order valence-electron chi connectivity index (χ1n) is 8.72. The fourth-order valence-electron chi connectivity index (χ4n) is 2.96. The lowest BCUT2D eigenvalue weighted by atomic mass is 9.96. The molecule has 0 saturated carbocycles. The molecule has 3 aromatic carbocycles. The van der Waals surface area contributed by atoms with Crippen LogP contribution in [0, 0.1) is 5.92 Å². The molecule has 0 aliphatic rings. The molecule has 0 bridgehead atoms. The number of hydrogen-bond acceptors (Lipinski definition) is 2. The molecule has 2 heteroatoms. The highest BCUT2D eigenvalue weighted by Gasteiger charge is 2.17. The van der Waals surface area contributed by atoms with Crippen molar-refractivity contribution in [3.05, 3.63) is 96.6 Å². The number of ketones is 1. The van der Waals surface area contributed by atoms with E-state index < -0.39 is 0 Å². The Hall–Kier alpha value is -2.87. The van der Waals surface area contributed by atoms with Crippen molar-refractivity contribution in [2.24, 2.45) is 5.92 Å². The van der Waals surface area contributed by atoms with Crippen molar-refractivity contribution in [1.29, 1.82) is 0 Å². The van der Waals surface area contributed by atoms with Gasteiger partial charge in [-0.3, -0.25) is 4.79 Å². The summed E-state index contributed by atoms with van der Waals surface area (Å²) < 4.78 is 0. The number of nitrogens with zero attached hydrogens (tertiary/aromatic N) is 1. The van der Waals surface area contributed by atoms with Crippen LogP contribution < -0.4 is 4.90 Å². The Labute approximate surface area is 149 Å². The highest BCUT2D eigenvalue weighted by atomic mass is 16.1. The Morgan fingerprint density at radius 2 is 1.20 bits per heavy atom. The zero-order valence-corrected chi connectivity index (χ0v) is 14.5. The van der Waals surface area contributed by atoms with Gasteiger partial charge in [-0.05, 0) is 30.7 Å². The van der Waals surface area contributed by atoms with E-state index in [0.29, 0.717) is 0 Å². The SMILES string of the molecule is CC(CCN(c1ccccc1)c1ccccc1)C(=O)c1ccccc1. The third-order valence-corrected chi connectivity index (χ3v) is 4.43. The summed E-state index contributed by atoms with van der Waals surface area (Å²) in [6.45, 7) is 2.82. The molecule has 0 aliphatic heterocycles. The topological polar surface area (TPSA) is 20.3 Å². The molecule has 25 heavy (non-hydrogen) atoms. The molecule has 0 N–H and O–H groups in total. The van der Waals surface area contributed by atoms with Crippen molar-refractivity contribution < 1.29 is 4.79 Å². The third-order valence-electron chi connectivity index (χ3n) is 4.43. The predicted octanol–water partition coefficient (Wildman–Crippen LogP) is 5.73. The Morgan fingerprint density at radius 3 is 1.68 bits per heavy atom. The van der Waals surface area contributed by atoms with E-state index in [1.54, 1.807) is 0 Å². The molecule has 0 fully saturated rings. The number of rotatable bonds is 7. The molecule has 126 valence electrons. The minimum atomic E-state index is -0.0164. The maximum Gasteiger partial charge on any atom is 0.165 e. The van der Waals surface area contributed by atoms with Crippen LogP contribution in [0.25, 0.3) is 0 Å². The zero-order chi connectivity index (χ0) is 17.5. The number of Topliss-reactive ketones (excluding diaryl/α,β-unsaturated/α-hetero) is 1. The highest BCUT2D eigenvalue weighted by molar-refractivity contribution is 5.97. The van der Waals surface area contributed by atoms with Gasteiger partial charge >= 0.3 is 0 Å². The Kier molecular flexibility index (Phi) is 5.63. The second kappa shape index (κ2) is 8.29. The van der Waals surface area contributed by atoms with Gasteiger partial charge in [-0.25, -0.2) is 0 Å². The summed E-state index contributed by atoms with van der Waals surface area (Å²) in [5, 5.41) is 0. The quantitative estimate of drug-likeness (QED) is 0.516. The van der Waals surface area contributed by atoms with Crippen molar-refractivity contribution >= 4 is 17.2 Å². The lowest BCUT2D eigenvalue weighted by Gasteiger charge is -2.26.